The molecule has 17 heavy (non-hydrogen) atoms. The van der Waals surface area contributed by atoms with Crippen molar-refractivity contribution in [2.75, 3.05) is 0 Å². The van der Waals surface area contributed by atoms with Gasteiger partial charge in [-0.3, -0.25) is 4.79 Å². The summed E-state index contributed by atoms with van der Waals surface area (Å²) in [6, 6.07) is 6.25. The zero-order valence-electron chi connectivity index (χ0n) is 9.77. The molecule has 0 aromatic heterocycles. The van der Waals surface area contributed by atoms with Gasteiger partial charge < -0.3 is 10.2 Å². The van der Waals surface area contributed by atoms with Crippen molar-refractivity contribution in [2.45, 2.75) is 38.4 Å². The number of ketones is 1. The molecule has 0 saturated heterocycles. The molecule has 0 saturated carbocycles. The van der Waals surface area contributed by atoms with Crippen LogP contribution in [0.2, 0.25) is 5.02 Å². The SMILES string of the molecule is CCCC[C@@H](O)[C@H](O)C(=O)c1ccc(Cl)cc1. The van der Waals surface area contributed by atoms with Crippen LogP contribution in [0.3, 0.4) is 0 Å². The molecule has 0 spiro atoms. The van der Waals surface area contributed by atoms with E-state index in [9.17, 15) is 15.0 Å². The van der Waals surface area contributed by atoms with Crippen LogP contribution in [0.25, 0.3) is 0 Å². The number of unbranched alkanes of at least 4 members (excludes halogenated alkanes) is 1. The van der Waals surface area contributed by atoms with Crippen molar-refractivity contribution in [3.63, 3.8) is 0 Å². The van der Waals surface area contributed by atoms with Gasteiger partial charge in [0, 0.05) is 10.6 Å². The molecule has 94 valence electrons. The average molecular weight is 257 g/mol. The van der Waals surface area contributed by atoms with Gasteiger partial charge in [0.25, 0.3) is 0 Å². The van der Waals surface area contributed by atoms with Crippen LogP contribution in [0.4, 0.5) is 0 Å². The molecule has 0 bridgehead atoms. The van der Waals surface area contributed by atoms with Crippen LogP contribution in [0.1, 0.15) is 36.5 Å². The second kappa shape index (κ2) is 6.74. The second-order valence-electron chi connectivity index (χ2n) is 4.03. The standard InChI is InChI=1S/C13H17ClO3/c1-2-3-4-11(15)13(17)12(16)9-5-7-10(14)8-6-9/h5-8,11,13,15,17H,2-4H2,1H3/t11-,13+/m1/s1. The minimum atomic E-state index is -1.36. The molecule has 3 nitrogen and oxygen atoms in total. The fraction of sp³-hybridized carbons (Fsp3) is 0.462. The highest BCUT2D eigenvalue weighted by molar-refractivity contribution is 6.30. The van der Waals surface area contributed by atoms with Gasteiger partial charge in [-0.15, -0.1) is 0 Å². The Morgan fingerprint density at radius 2 is 1.88 bits per heavy atom. The van der Waals surface area contributed by atoms with Crippen LogP contribution >= 0.6 is 11.6 Å². The van der Waals surface area contributed by atoms with Crippen LogP contribution in [0, 0.1) is 0 Å². The number of halogens is 1. The lowest BCUT2D eigenvalue weighted by atomic mass is 9.99. The normalized spacial score (nSPS) is 14.4. The molecule has 0 aliphatic carbocycles. The molecule has 0 unspecified atom stereocenters. The Kier molecular flexibility index (Phi) is 5.62. The molecule has 2 atom stereocenters. The summed E-state index contributed by atoms with van der Waals surface area (Å²) in [4.78, 5) is 11.8. The van der Waals surface area contributed by atoms with Gasteiger partial charge >= 0.3 is 0 Å². The van der Waals surface area contributed by atoms with E-state index in [1.165, 1.54) is 0 Å². The molecule has 0 heterocycles. The number of carbonyl (C=O) groups is 1. The lowest BCUT2D eigenvalue weighted by molar-refractivity contribution is 0.0169. The highest BCUT2D eigenvalue weighted by atomic mass is 35.5. The van der Waals surface area contributed by atoms with Crippen molar-refractivity contribution in [3.05, 3.63) is 34.9 Å². The minimum Gasteiger partial charge on any atom is -0.390 e. The predicted octanol–water partition coefficient (Wildman–Crippen LogP) is 2.43. The Bertz CT molecular complexity index is 361. The molecule has 0 aliphatic heterocycles. The Morgan fingerprint density at radius 3 is 2.41 bits per heavy atom. The van der Waals surface area contributed by atoms with Gasteiger partial charge in [0.15, 0.2) is 5.78 Å². The summed E-state index contributed by atoms with van der Waals surface area (Å²) in [6.07, 6.45) is -0.233. The van der Waals surface area contributed by atoms with Gasteiger partial charge in [-0.2, -0.15) is 0 Å². The van der Waals surface area contributed by atoms with Crippen molar-refractivity contribution in [1.29, 1.82) is 0 Å². The molecule has 2 N–H and O–H groups in total. The summed E-state index contributed by atoms with van der Waals surface area (Å²) in [7, 11) is 0. The first-order valence-electron chi connectivity index (χ1n) is 5.72. The van der Waals surface area contributed by atoms with Gasteiger partial charge in [-0.05, 0) is 30.7 Å². The summed E-state index contributed by atoms with van der Waals surface area (Å²) in [5.41, 5.74) is 0.359. The maximum atomic E-state index is 11.8. The second-order valence-corrected chi connectivity index (χ2v) is 4.46. The maximum absolute atomic E-state index is 11.8. The van der Waals surface area contributed by atoms with E-state index >= 15 is 0 Å². The molecule has 4 heteroatoms. The van der Waals surface area contributed by atoms with Crippen LogP contribution in [-0.2, 0) is 0 Å². The van der Waals surface area contributed by atoms with E-state index in [0.29, 0.717) is 17.0 Å². The lowest BCUT2D eigenvalue weighted by Gasteiger charge is -2.16. The lowest BCUT2D eigenvalue weighted by Crippen LogP contribution is -2.33. The van der Waals surface area contributed by atoms with Crippen molar-refractivity contribution >= 4 is 17.4 Å². The van der Waals surface area contributed by atoms with Gasteiger partial charge in [0.1, 0.15) is 6.10 Å². The molecular formula is C13H17ClO3. The topological polar surface area (TPSA) is 57.5 Å². The number of carbonyl (C=O) groups excluding carboxylic acids is 1. The van der Waals surface area contributed by atoms with Gasteiger partial charge in [0.05, 0.1) is 6.10 Å². The fourth-order valence-electron chi connectivity index (χ4n) is 1.53. The first-order chi connectivity index (χ1) is 8.06. The van der Waals surface area contributed by atoms with Gasteiger partial charge in [0.2, 0.25) is 0 Å². The zero-order valence-corrected chi connectivity index (χ0v) is 10.5. The Hall–Kier alpha value is -0.900. The van der Waals surface area contributed by atoms with E-state index in [4.69, 9.17) is 11.6 Å². The van der Waals surface area contributed by atoms with Crippen LogP contribution in [-0.4, -0.2) is 28.2 Å². The number of hydrogen-bond donors (Lipinski definition) is 2. The summed E-state index contributed by atoms with van der Waals surface area (Å²) in [6.45, 7) is 1.99. The quantitative estimate of drug-likeness (QED) is 0.769. The average Bonchev–Trinajstić information content (AvgIpc) is 2.35. The molecule has 0 fully saturated rings. The third-order valence-corrected chi connectivity index (χ3v) is 2.87. The molecule has 1 aromatic rings. The molecule has 1 rings (SSSR count). The van der Waals surface area contributed by atoms with E-state index in [2.05, 4.69) is 0 Å². The molecular weight excluding hydrogens is 240 g/mol. The largest absolute Gasteiger partial charge is 0.390 e. The van der Waals surface area contributed by atoms with Gasteiger partial charge in [-0.25, -0.2) is 0 Å². The number of Topliss-reactive ketones (excluding diaryl/α,β-unsaturated/α-hetero) is 1. The Balaban J connectivity index is 2.65. The van der Waals surface area contributed by atoms with Crippen LogP contribution in [0.5, 0.6) is 0 Å². The van der Waals surface area contributed by atoms with Crippen molar-refractivity contribution in [2.24, 2.45) is 0 Å². The highest BCUT2D eigenvalue weighted by Gasteiger charge is 2.24. The third kappa shape index (κ3) is 4.11. The monoisotopic (exact) mass is 256 g/mol. The maximum Gasteiger partial charge on any atom is 0.193 e. The van der Waals surface area contributed by atoms with E-state index in [1.807, 2.05) is 6.92 Å². The first-order valence-corrected chi connectivity index (χ1v) is 6.10. The first kappa shape index (κ1) is 14.2. The van der Waals surface area contributed by atoms with Crippen molar-refractivity contribution < 1.29 is 15.0 Å². The molecule has 1 aromatic carbocycles. The number of rotatable bonds is 6. The molecule has 0 radical (unpaired) electrons. The fourth-order valence-corrected chi connectivity index (χ4v) is 1.66. The van der Waals surface area contributed by atoms with E-state index in [-0.39, 0.29) is 0 Å². The number of aliphatic hydroxyl groups is 2. The summed E-state index contributed by atoms with van der Waals surface area (Å²) >= 11 is 5.70. The summed E-state index contributed by atoms with van der Waals surface area (Å²) in [5, 5.41) is 19.9. The molecule has 0 aliphatic rings. The van der Waals surface area contributed by atoms with E-state index in [0.717, 1.165) is 12.8 Å². The van der Waals surface area contributed by atoms with Crippen LogP contribution in [0.15, 0.2) is 24.3 Å². The Morgan fingerprint density at radius 1 is 1.29 bits per heavy atom. The molecule has 0 amide bonds. The van der Waals surface area contributed by atoms with Crippen LogP contribution < -0.4 is 0 Å². The predicted molar refractivity (Wildman–Crippen MR) is 67.3 cm³/mol. The van der Waals surface area contributed by atoms with Crippen molar-refractivity contribution in [3.8, 4) is 0 Å². The number of hydrogen-bond acceptors (Lipinski definition) is 3. The van der Waals surface area contributed by atoms with Crippen molar-refractivity contribution in [1.82, 2.24) is 0 Å². The smallest absolute Gasteiger partial charge is 0.193 e. The minimum absolute atomic E-state index is 0.359. The van der Waals surface area contributed by atoms with E-state index in [1.54, 1.807) is 24.3 Å². The number of aliphatic hydroxyl groups excluding tert-OH is 2. The summed E-state index contributed by atoms with van der Waals surface area (Å²) in [5.74, 6) is -0.467. The Labute approximate surface area is 106 Å². The highest BCUT2D eigenvalue weighted by Crippen LogP contribution is 2.14. The third-order valence-electron chi connectivity index (χ3n) is 2.62. The summed E-state index contributed by atoms with van der Waals surface area (Å²) < 4.78 is 0. The zero-order chi connectivity index (χ0) is 12.8. The van der Waals surface area contributed by atoms with E-state index < -0.39 is 18.0 Å². The number of benzene rings is 1. The van der Waals surface area contributed by atoms with Gasteiger partial charge in [-0.1, -0.05) is 31.4 Å².